The van der Waals surface area contributed by atoms with Crippen LogP contribution in [0.1, 0.15) is 43.7 Å². The van der Waals surface area contributed by atoms with Gasteiger partial charge in [0.1, 0.15) is 0 Å². The molecule has 0 aromatic heterocycles. The Hall–Kier alpha value is -0.900. The van der Waals surface area contributed by atoms with Crippen LogP contribution in [0.3, 0.4) is 0 Å². The molecule has 1 aromatic carbocycles. The number of benzene rings is 1. The lowest BCUT2D eigenvalue weighted by Gasteiger charge is -2.36. The van der Waals surface area contributed by atoms with E-state index in [-0.39, 0.29) is 24.0 Å². The van der Waals surface area contributed by atoms with Gasteiger partial charge in [-0.05, 0) is 29.9 Å². The van der Waals surface area contributed by atoms with E-state index < -0.39 is 0 Å². The van der Waals surface area contributed by atoms with Crippen molar-refractivity contribution in [1.29, 1.82) is 0 Å². The molecule has 2 heterocycles. The fourth-order valence-corrected chi connectivity index (χ4v) is 4.06. The van der Waals surface area contributed by atoms with Gasteiger partial charge in [0.2, 0.25) is 0 Å². The molecule has 0 bridgehead atoms. The Morgan fingerprint density at radius 3 is 2.55 bits per heavy atom. The highest BCUT2D eigenvalue weighted by atomic mass is 127. The SMILES string of the molecule is CN=C(NCCCOCC1CCOC1)N1CCN(Cc2ccc(C(C)C)cc2)CC1.I. The third-order valence-electron chi connectivity index (χ3n) is 6.06. The van der Waals surface area contributed by atoms with Gasteiger partial charge in [0, 0.05) is 65.4 Å². The molecule has 7 heteroatoms. The lowest BCUT2D eigenvalue weighted by molar-refractivity contribution is 0.0886. The number of nitrogens with one attached hydrogen (secondary N) is 1. The second-order valence-corrected chi connectivity index (χ2v) is 8.79. The van der Waals surface area contributed by atoms with Crippen LogP contribution in [0.4, 0.5) is 0 Å². The van der Waals surface area contributed by atoms with Gasteiger partial charge >= 0.3 is 0 Å². The van der Waals surface area contributed by atoms with Crippen molar-refractivity contribution in [3.63, 3.8) is 0 Å². The van der Waals surface area contributed by atoms with Crippen LogP contribution in [0.5, 0.6) is 0 Å². The van der Waals surface area contributed by atoms with Gasteiger partial charge in [0.05, 0.1) is 13.2 Å². The molecule has 1 atom stereocenters. The maximum atomic E-state index is 5.79. The van der Waals surface area contributed by atoms with Gasteiger partial charge in [0.15, 0.2) is 5.96 Å². The Morgan fingerprint density at radius 2 is 1.94 bits per heavy atom. The van der Waals surface area contributed by atoms with Crippen molar-refractivity contribution in [2.75, 3.05) is 66.2 Å². The number of ether oxygens (including phenoxy) is 2. The zero-order valence-corrected chi connectivity index (χ0v) is 21.8. The highest BCUT2D eigenvalue weighted by molar-refractivity contribution is 14.0. The van der Waals surface area contributed by atoms with Crippen LogP contribution in [-0.2, 0) is 16.0 Å². The summed E-state index contributed by atoms with van der Waals surface area (Å²) < 4.78 is 11.2. The molecule has 1 unspecified atom stereocenters. The Kier molecular flexibility index (Phi) is 12.1. The fourth-order valence-electron chi connectivity index (χ4n) is 4.06. The maximum absolute atomic E-state index is 5.79. The van der Waals surface area contributed by atoms with Crippen LogP contribution in [0.2, 0.25) is 0 Å². The average molecular weight is 545 g/mol. The van der Waals surface area contributed by atoms with E-state index in [9.17, 15) is 0 Å². The van der Waals surface area contributed by atoms with E-state index in [1.807, 2.05) is 7.05 Å². The first-order valence-corrected chi connectivity index (χ1v) is 11.6. The third-order valence-corrected chi connectivity index (χ3v) is 6.06. The van der Waals surface area contributed by atoms with Crippen LogP contribution in [-0.4, -0.2) is 82.0 Å². The largest absolute Gasteiger partial charge is 0.381 e. The van der Waals surface area contributed by atoms with Crippen molar-refractivity contribution in [3.8, 4) is 0 Å². The van der Waals surface area contributed by atoms with Crippen molar-refractivity contribution in [2.24, 2.45) is 10.9 Å². The van der Waals surface area contributed by atoms with Crippen LogP contribution in [0, 0.1) is 5.92 Å². The summed E-state index contributed by atoms with van der Waals surface area (Å²) in [6.07, 6.45) is 2.14. The van der Waals surface area contributed by atoms with Crippen molar-refractivity contribution in [2.45, 2.75) is 39.2 Å². The minimum absolute atomic E-state index is 0. The van der Waals surface area contributed by atoms with E-state index in [0.29, 0.717) is 11.8 Å². The minimum atomic E-state index is 0. The molecule has 1 N–H and O–H groups in total. The number of nitrogens with zero attached hydrogens (tertiary/aromatic N) is 3. The van der Waals surface area contributed by atoms with Crippen LogP contribution >= 0.6 is 24.0 Å². The van der Waals surface area contributed by atoms with E-state index in [1.165, 1.54) is 11.1 Å². The Labute approximate surface area is 205 Å². The van der Waals surface area contributed by atoms with Crippen molar-refractivity contribution in [3.05, 3.63) is 35.4 Å². The summed E-state index contributed by atoms with van der Waals surface area (Å²) in [4.78, 5) is 9.39. The first-order valence-electron chi connectivity index (χ1n) is 11.6. The average Bonchev–Trinajstić information content (AvgIpc) is 3.28. The van der Waals surface area contributed by atoms with Gasteiger partial charge in [-0.1, -0.05) is 38.1 Å². The van der Waals surface area contributed by atoms with Gasteiger partial charge in [-0.2, -0.15) is 0 Å². The van der Waals surface area contributed by atoms with Gasteiger partial charge in [-0.15, -0.1) is 24.0 Å². The molecule has 2 fully saturated rings. The molecular weight excluding hydrogens is 503 g/mol. The molecule has 3 rings (SSSR count). The van der Waals surface area contributed by atoms with Crippen molar-refractivity contribution >= 4 is 29.9 Å². The second kappa shape index (κ2) is 14.3. The van der Waals surface area contributed by atoms with E-state index in [2.05, 4.69) is 58.2 Å². The molecule has 31 heavy (non-hydrogen) atoms. The number of hydrogen-bond acceptors (Lipinski definition) is 4. The molecule has 1 aromatic rings. The summed E-state index contributed by atoms with van der Waals surface area (Å²) in [7, 11) is 1.88. The number of hydrogen-bond donors (Lipinski definition) is 1. The smallest absolute Gasteiger partial charge is 0.193 e. The molecule has 0 amide bonds. The van der Waals surface area contributed by atoms with Crippen molar-refractivity contribution < 1.29 is 9.47 Å². The summed E-state index contributed by atoms with van der Waals surface area (Å²) in [5.74, 6) is 2.20. The normalized spacial score (nSPS) is 20.2. The van der Waals surface area contributed by atoms with Crippen LogP contribution in [0.25, 0.3) is 0 Å². The van der Waals surface area contributed by atoms with Gasteiger partial charge in [-0.3, -0.25) is 9.89 Å². The summed E-state index contributed by atoms with van der Waals surface area (Å²) in [5, 5.41) is 3.50. The Balaban J connectivity index is 0.00000341. The number of rotatable bonds is 9. The molecule has 0 aliphatic carbocycles. The summed E-state index contributed by atoms with van der Waals surface area (Å²) >= 11 is 0. The molecule has 6 nitrogen and oxygen atoms in total. The van der Waals surface area contributed by atoms with E-state index in [1.54, 1.807) is 0 Å². The van der Waals surface area contributed by atoms with Gasteiger partial charge in [-0.25, -0.2) is 0 Å². The predicted octanol–water partition coefficient (Wildman–Crippen LogP) is 3.56. The number of piperazine rings is 1. The predicted molar refractivity (Wildman–Crippen MR) is 139 cm³/mol. The van der Waals surface area contributed by atoms with E-state index in [0.717, 1.165) is 84.5 Å². The summed E-state index contributed by atoms with van der Waals surface area (Å²) in [5.41, 5.74) is 2.82. The number of aliphatic imine (C=N–C) groups is 1. The van der Waals surface area contributed by atoms with Crippen molar-refractivity contribution in [1.82, 2.24) is 15.1 Å². The highest BCUT2D eigenvalue weighted by Gasteiger charge is 2.19. The number of guanidine groups is 1. The Bertz CT molecular complexity index is 639. The van der Waals surface area contributed by atoms with Crippen LogP contribution in [0.15, 0.2) is 29.3 Å². The Morgan fingerprint density at radius 1 is 1.19 bits per heavy atom. The molecule has 2 aliphatic heterocycles. The lowest BCUT2D eigenvalue weighted by Crippen LogP contribution is -2.52. The molecule has 0 saturated carbocycles. The fraction of sp³-hybridized carbons (Fsp3) is 0.708. The monoisotopic (exact) mass is 544 g/mol. The standard InChI is InChI=1S/C24H40N4O2.HI/c1-20(2)23-7-5-21(6-8-23)17-27-11-13-28(14-12-27)24(25-3)26-10-4-15-29-18-22-9-16-30-19-22;/h5-8,20,22H,4,9-19H2,1-3H3,(H,25,26);1H. The summed E-state index contributed by atoms with van der Waals surface area (Å²) in [6.45, 7) is 14.0. The molecule has 0 spiro atoms. The van der Waals surface area contributed by atoms with Gasteiger partial charge < -0.3 is 19.7 Å². The second-order valence-electron chi connectivity index (χ2n) is 8.79. The maximum Gasteiger partial charge on any atom is 0.193 e. The van der Waals surface area contributed by atoms with E-state index >= 15 is 0 Å². The van der Waals surface area contributed by atoms with E-state index in [4.69, 9.17) is 9.47 Å². The molecule has 0 radical (unpaired) electrons. The number of halogens is 1. The molecule has 2 saturated heterocycles. The highest BCUT2D eigenvalue weighted by Crippen LogP contribution is 2.16. The van der Waals surface area contributed by atoms with Gasteiger partial charge in [0.25, 0.3) is 0 Å². The minimum Gasteiger partial charge on any atom is -0.381 e. The zero-order chi connectivity index (χ0) is 21.2. The third kappa shape index (κ3) is 8.86. The van der Waals surface area contributed by atoms with Crippen LogP contribution < -0.4 is 5.32 Å². The summed E-state index contributed by atoms with van der Waals surface area (Å²) in [6, 6.07) is 9.11. The quantitative estimate of drug-likeness (QED) is 0.223. The lowest BCUT2D eigenvalue weighted by atomic mass is 10.0. The molecular formula is C24H41IN4O2. The topological polar surface area (TPSA) is 49.3 Å². The first kappa shape index (κ1) is 26.4. The first-order chi connectivity index (χ1) is 14.7. The zero-order valence-electron chi connectivity index (χ0n) is 19.5. The molecule has 2 aliphatic rings. The molecule has 176 valence electrons.